The Morgan fingerprint density at radius 1 is 1.09 bits per heavy atom. The molecular weight excluding hydrogens is 447 g/mol. The fourth-order valence-electron chi connectivity index (χ4n) is 2.86. The third-order valence-electron chi connectivity index (χ3n) is 4.48. The minimum Gasteiger partial charge on any atom is -0.444 e. The van der Waals surface area contributed by atoms with Gasteiger partial charge in [-0.25, -0.2) is 9.97 Å². The van der Waals surface area contributed by atoms with Gasteiger partial charge in [0, 0.05) is 24.7 Å². The Kier molecular flexibility index (Phi) is 5.95. The highest BCUT2D eigenvalue weighted by molar-refractivity contribution is 6.32. The first-order valence-electron chi connectivity index (χ1n) is 9.38. The van der Waals surface area contributed by atoms with Gasteiger partial charge in [0.25, 0.3) is 5.56 Å². The number of benzene rings is 1. The normalized spacial score (nSPS) is 11.5. The van der Waals surface area contributed by atoms with E-state index < -0.39 is 17.3 Å². The quantitative estimate of drug-likeness (QED) is 0.451. The second kappa shape index (κ2) is 8.83. The fourth-order valence-corrected chi connectivity index (χ4v) is 3.05. The van der Waals surface area contributed by atoms with Crippen LogP contribution in [0.5, 0.6) is 0 Å². The molecule has 11 heteroatoms. The first kappa shape index (κ1) is 21.6. The standard InChI is InChI=1S/C21H15ClF3N5O2/c22-18-16(26-9-8-15-12-32-19(29-15)13-4-2-1-3-5-13)11-28-30(20(18)31)17-7-6-14(10-27-17)21(23,24)25/h1-7,10-12,26H,8-9H2. The number of pyridine rings is 1. The molecule has 0 spiro atoms. The van der Waals surface area contributed by atoms with Crippen LogP contribution in [-0.4, -0.2) is 26.3 Å². The highest BCUT2D eigenvalue weighted by Gasteiger charge is 2.30. The van der Waals surface area contributed by atoms with Crippen molar-refractivity contribution in [2.45, 2.75) is 12.6 Å². The number of alkyl halides is 3. The molecule has 0 bridgehead atoms. The van der Waals surface area contributed by atoms with Crippen LogP contribution in [-0.2, 0) is 12.6 Å². The van der Waals surface area contributed by atoms with Gasteiger partial charge < -0.3 is 9.73 Å². The number of nitrogens with one attached hydrogen (secondary N) is 1. The van der Waals surface area contributed by atoms with Gasteiger partial charge in [-0.05, 0) is 24.3 Å². The summed E-state index contributed by atoms with van der Waals surface area (Å²) in [4.78, 5) is 20.6. The molecule has 1 N–H and O–H groups in total. The van der Waals surface area contributed by atoms with Crippen molar-refractivity contribution in [2.24, 2.45) is 0 Å². The van der Waals surface area contributed by atoms with Gasteiger partial charge in [0.15, 0.2) is 5.82 Å². The molecule has 164 valence electrons. The number of halogens is 4. The van der Waals surface area contributed by atoms with Crippen LogP contribution in [0.2, 0.25) is 5.02 Å². The molecule has 0 aliphatic carbocycles. The van der Waals surface area contributed by atoms with Crippen molar-refractivity contribution >= 4 is 17.3 Å². The Morgan fingerprint density at radius 2 is 1.88 bits per heavy atom. The van der Waals surface area contributed by atoms with E-state index in [4.69, 9.17) is 16.0 Å². The third kappa shape index (κ3) is 4.65. The van der Waals surface area contributed by atoms with Crippen LogP contribution in [0.15, 0.2) is 70.3 Å². The molecule has 4 rings (SSSR count). The summed E-state index contributed by atoms with van der Waals surface area (Å²) in [5.41, 5.74) is 0.215. The number of anilines is 1. The van der Waals surface area contributed by atoms with Crippen molar-refractivity contribution in [1.82, 2.24) is 19.7 Å². The molecule has 0 aliphatic rings. The fraction of sp³-hybridized carbons (Fsp3) is 0.143. The van der Waals surface area contributed by atoms with E-state index >= 15 is 0 Å². The zero-order valence-electron chi connectivity index (χ0n) is 16.3. The van der Waals surface area contributed by atoms with Gasteiger partial charge in [-0.1, -0.05) is 29.8 Å². The van der Waals surface area contributed by atoms with E-state index in [9.17, 15) is 18.0 Å². The van der Waals surface area contributed by atoms with Crippen LogP contribution < -0.4 is 10.9 Å². The van der Waals surface area contributed by atoms with Crippen LogP contribution in [0.25, 0.3) is 17.3 Å². The molecule has 0 saturated heterocycles. The highest BCUT2D eigenvalue weighted by atomic mass is 35.5. The van der Waals surface area contributed by atoms with E-state index in [2.05, 4.69) is 20.4 Å². The predicted octanol–water partition coefficient (Wildman–Crippen LogP) is 4.61. The first-order chi connectivity index (χ1) is 15.3. The molecule has 3 heterocycles. The molecule has 0 amide bonds. The summed E-state index contributed by atoms with van der Waals surface area (Å²) in [6.07, 6.45) is -0.540. The molecule has 3 aromatic heterocycles. The smallest absolute Gasteiger partial charge is 0.417 e. The minimum absolute atomic E-state index is 0.0764. The van der Waals surface area contributed by atoms with Crippen LogP contribution in [0.4, 0.5) is 18.9 Å². The van der Waals surface area contributed by atoms with E-state index in [1.54, 1.807) is 6.26 Å². The van der Waals surface area contributed by atoms with Gasteiger partial charge >= 0.3 is 6.18 Å². The number of oxazole rings is 1. The lowest BCUT2D eigenvalue weighted by atomic mass is 10.2. The predicted molar refractivity (Wildman–Crippen MR) is 112 cm³/mol. The third-order valence-corrected chi connectivity index (χ3v) is 4.85. The first-order valence-corrected chi connectivity index (χ1v) is 9.76. The Balaban J connectivity index is 1.43. The number of hydrogen-bond donors (Lipinski definition) is 1. The molecule has 7 nitrogen and oxygen atoms in total. The summed E-state index contributed by atoms with van der Waals surface area (Å²) in [7, 11) is 0. The van der Waals surface area contributed by atoms with Crippen molar-refractivity contribution in [3.63, 3.8) is 0 Å². The van der Waals surface area contributed by atoms with Crippen molar-refractivity contribution in [2.75, 3.05) is 11.9 Å². The monoisotopic (exact) mass is 461 g/mol. The lowest BCUT2D eigenvalue weighted by Gasteiger charge is -2.10. The maximum atomic E-state index is 12.7. The number of aromatic nitrogens is 4. The SMILES string of the molecule is O=c1c(Cl)c(NCCc2coc(-c3ccccc3)n2)cnn1-c1ccc(C(F)(F)F)cn1. The van der Waals surface area contributed by atoms with Crippen LogP contribution >= 0.6 is 11.6 Å². The van der Waals surface area contributed by atoms with Gasteiger partial charge in [0.1, 0.15) is 11.3 Å². The summed E-state index contributed by atoms with van der Waals surface area (Å²) >= 11 is 6.14. The molecule has 0 atom stereocenters. The van der Waals surface area contributed by atoms with Gasteiger partial charge in [0.2, 0.25) is 5.89 Å². The lowest BCUT2D eigenvalue weighted by Crippen LogP contribution is -2.24. The van der Waals surface area contributed by atoms with Crippen LogP contribution in [0, 0.1) is 0 Å². The van der Waals surface area contributed by atoms with Crippen LogP contribution in [0.1, 0.15) is 11.3 Å². The Morgan fingerprint density at radius 3 is 2.56 bits per heavy atom. The van der Waals surface area contributed by atoms with Gasteiger partial charge in [-0.15, -0.1) is 0 Å². The average Bonchev–Trinajstić information content (AvgIpc) is 3.26. The summed E-state index contributed by atoms with van der Waals surface area (Å²) in [6.45, 7) is 0.393. The van der Waals surface area contributed by atoms with E-state index in [0.717, 1.165) is 22.4 Å². The van der Waals surface area contributed by atoms with E-state index in [1.165, 1.54) is 6.20 Å². The summed E-state index contributed by atoms with van der Waals surface area (Å²) in [6, 6.07) is 11.3. The topological polar surface area (TPSA) is 85.8 Å². The zero-order chi connectivity index (χ0) is 22.7. The Hall–Kier alpha value is -3.66. The Bertz CT molecular complexity index is 1270. The average molecular weight is 462 g/mol. The molecule has 0 fully saturated rings. The molecular formula is C21H15ClF3N5O2. The second-order valence-corrected chi connectivity index (χ2v) is 7.06. The maximum Gasteiger partial charge on any atom is 0.417 e. The molecule has 0 unspecified atom stereocenters. The zero-order valence-corrected chi connectivity index (χ0v) is 17.1. The van der Waals surface area contributed by atoms with E-state index in [-0.39, 0.29) is 16.5 Å². The highest BCUT2D eigenvalue weighted by Crippen LogP contribution is 2.28. The summed E-state index contributed by atoms with van der Waals surface area (Å²) in [5, 5.41) is 6.79. The van der Waals surface area contributed by atoms with Gasteiger partial charge in [-0.2, -0.15) is 23.0 Å². The summed E-state index contributed by atoms with van der Waals surface area (Å²) < 4.78 is 44.4. The summed E-state index contributed by atoms with van der Waals surface area (Å²) in [5.74, 6) is 0.430. The van der Waals surface area contributed by atoms with Crippen molar-refractivity contribution in [3.8, 4) is 17.3 Å². The van der Waals surface area contributed by atoms with E-state index in [1.807, 2.05) is 30.3 Å². The van der Waals surface area contributed by atoms with Crippen molar-refractivity contribution < 1.29 is 17.6 Å². The molecule has 4 aromatic rings. The van der Waals surface area contributed by atoms with Crippen molar-refractivity contribution in [3.05, 3.63) is 87.8 Å². The second-order valence-electron chi connectivity index (χ2n) is 6.68. The minimum atomic E-state index is -4.53. The maximum absolute atomic E-state index is 12.7. The van der Waals surface area contributed by atoms with Crippen molar-refractivity contribution in [1.29, 1.82) is 0 Å². The Labute approximate surface area is 184 Å². The molecule has 0 aliphatic heterocycles. The largest absolute Gasteiger partial charge is 0.444 e. The molecule has 0 radical (unpaired) electrons. The van der Waals surface area contributed by atoms with Gasteiger partial charge in [0.05, 0.1) is 23.1 Å². The van der Waals surface area contributed by atoms with Crippen LogP contribution in [0.3, 0.4) is 0 Å². The number of rotatable bonds is 6. The molecule has 0 saturated carbocycles. The van der Waals surface area contributed by atoms with E-state index in [0.29, 0.717) is 30.7 Å². The number of nitrogens with zero attached hydrogens (tertiary/aromatic N) is 4. The number of hydrogen-bond acceptors (Lipinski definition) is 6. The van der Waals surface area contributed by atoms with Gasteiger partial charge in [-0.3, -0.25) is 4.79 Å². The molecule has 1 aromatic carbocycles. The molecule has 32 heavy (non-hydrogen) atoms. The lowest BCUT2D eigenvalue weighted by molar-refractivity contribution is -0.137.